The molecule has 2 aromatic rings. The van der Waals surface area contributed by atoms with Gasteiger partial charge in [-0.3, -0.25) is 14.6 Å². The number of pyridine rings is 2. The topological polar surface area (TPSA) is 105 Å². The summed E-state index contributed by atoms with van der Waals surface area (Å²) in [5.41, 5.74) is 2.00. The SMILES string of the molecule is C[C@@H]1CN([C@H](C)CO)C(=O)c2cc(-c3ccncc3)cnc2O[C@@H]1CN(C)C(=O)C1CCOCC1. The number of aliphatic hydroxyl groups excluding tert-OH is 1. The Bertz CT molecular complexity index is 1030. The van der Waals surface area contributed by atoms with Crippen LogP contribution in [-0.2, 0) is 9.53 Å². The van der Waals surface area contributed by atoms with E-state index in [0.29, 0.717) is 31.9 Å². The number of aromatic nitrogens is 2. The fourth-order valence-corrected chi connectivity index (χ4v) is 4.64. The molecule has 3 atom stereocenters. The van der Waals surface area contributed by atoms with Gasteiger partial charge in [0, 0.05) is 62.8 Å². The summed E-state index contributed by atoms with van der Waals surface area (Å²) in [4.78, 5) is 38.6. The van der Waals surface area contributed by atoms with Gasteiger partial charge in [-0.05, 0) is 43.5 Å². The Morgan fingerprint density at radius 1 is 1.26 bits per heavy atom. The lowest BCUT2D eigenvalue weighted by atomic mass is 9.97. The molecule has 1 saturated heterocycles. The maximum Gasteiger partial charge on any atom is 0.259 e. The zero-order chi connectivity index (χ0) is 24.9. The molecular weight excluding hydrogens is 448 g/mol. The molecule has 4 rings (SSSR count). The molecule has 0 unspecified atom stereocenters. The average molecular weight is 483 g/mol. The molecule has 4 heterocycles. The second-order valence-electron chi connectivity index (χ2n) is 9.54. The maximum absolute atomic E-state index is 13.6. The summed E-state index contributed by atoms with van der Waals surface area (Å²) >= 11 is 0. The van der Waals surface area contributed by atoms with E-state index < -0.39 is 0 Å². The molecule has 2 aliphatic heterocycles. The van der Waals surface area contributed by atoms with Gasteiger partial charge in [0.05, 0.1) is 19.2 Å². The van der Waals surface area contributed by atoms with Crippen molar-refractivity contribution in [1.29, 1.82) is 0 Å². The lowest BCUT2D eigenvalue weighted by molar-refractivity contribution is -0.138. The highest BCUT2D eigenvalue weighted by atomic mass is 16.5. The molecule has 35 heavy (non-hydrogen) atoms. The lowest BCUT2D eigenvalue weighted by Crippen LogP contribution is -2.51. The van der Waals surface area contributed by atoms with Crippen molar-refractivity contribution in [2.45, 2.75) is 38.8 Å². The molecule has 0 radical (unpaired) electrons. The second kappa shape index (κ2) is 11.1. The summed E-state index contributed by atoms with van der Waals surface area (Å²) in [5.74, 6) is -0.0384. The van der Waals surface area contributed by atoms with Crippen LogP contribution in [0.15, 0.2) is 36.8 Å². The average Bonchev–Trinajstić information content (AvgIpc) is 2.90. The molecule has 9 nitrogen and oxygen atoms in total. The van der Waals surface area contributed by atoms with Crippen LogP contribution in [0.1, 0.15) is 37.0 Å². The number of likely N-dealkylation sites (N-methyl/N-ethyl adjacent to an activating group) is 1. The third-order valence-corrected chi connectivity index (χ3v) is 6.94. The number of nitrogens with zero attached hydrogens (tertiary/aromatic N) is 4. The number of ether oxygens (including phenoxy) is 2. The number of carbonyl (C=O) groups is 2. The van der Waals surface area contributed by atoms with Gasteiger partial charge in [0.25, 0.3) is 5.91 Å². The van der Waals surface area contributed by atoms with Gasteiger partial charge in [0.15, 0.2) is 0 Å². The highest BCUT2D eigenvalue weighted by Crippen LogP contribution is 2.30. The van der Waals surface area contributed by atoms with Crippen LogP contribution in [0.3, 0.4) is 0 Å². The van der Waals surface area contributed by atoms with Gasteiger partial charge < -0.3 is 24.4 Å². The molecule has 9 heteroatoms. The summed E-state index contributed by atoms with van der Waals surface area (Å²) in [5, 5.41) is 9.85. The normalized spacial score (nSPS) is 21.9. The van der Waals surface area contributed by atoms with E-state index in [1.165, 1.54) is 0 Å². The van der Waals surface area contributed by atoms with Gasteiger partial charge in [-0.1, -0.05) is 6.92 Å². The Morgan fingerprint density at radius 2 is 1.97 bits per heavy atom. The summed E-state index contributed by atoms with van der Waals surface area (Å²) in [6.45, 7) is 5.64. The van der Waals surface area contributed by atoms with Crippen LogP contribution in [0.25, 0.3) is 11.1 Å². The number of aliphatic hydroxyl groups is 1. The smallest absolute Gasteiger partial charge is 0.259 e. The van der Waals surface area contributed by atoms with Crippen LogP contribution < -0.4 is 4.74 Å². The minimum Gasteiger partial charge on any atom is -0.472 e. The minimum atomic E-state index is -0.372. The van der Waals surface area contributed by atoms with Gasteiger partial charge >= 0.3 is 0 Å². The molecular formula is C26H34N4O5. The molecule has 0 bridgehead atoms. The van der Waals surface area contributed by atoms with Crippen LogP contribution in [0, 0.1) is 11.8 Å². The summed E-state index contributed by atoms with van der Waals surface area (Å²) in [6, 6.07) is 5.12. The van der Waals surface area contributed by atoms with Crippen molar-refractivity contribution in [3.63, 3.8) is 0 Å². The van der Waals surface area contributed by atoms with Crippen molar-refractivity contribution in [3.8, 4) is 17.0 Å². The summed E-state index contributed by atoms with van der Waals surface area (Å²) in [7, 11) is 1.80. The van der Waals surface area contributed by atoms with Crippen molar-refractivity contribution in [2.24, 2.45) is 11.8 Å². The van der Waals surface area contributed by atoms with E-state index in [1.54, 1.807) is 41.5 Å². The molecule has 0 aliphatic carbocycles. The van der Waals surface area contributed by atoms with Crippen molar-refractivity contribution >= 4 is 11.8 Å². The Morgan fingerprint density at radius 3 is 2.66 bits per heavy atom. The van der Waals surface area contributed by atoms with Gasteiger partial charge in [0.2, 0.25) is 11.8 Å². The molecule has 2 amide bonds. The highest BCUT2D eigenvalue weighted by Gasteiger charge is 2.35. The fourth-order valence-electron chi connectivity index (χ4n) is 4.64. The van der Waals surface area contributed by atoms with Crippen molar-refractivity contribution in [3.05, 3.63) is 42.4 Å². The van der Waals surface area contributed by atoms with E-state index in [-0.39, 0.29) is 48.3 Å². The fraction of sp³-hybridized carbons (Fsp3) is 0.538. The van der Waals surface area contributed by atoms with Gasteiger partial charge in [-0.25, -0.2) is 4.98 Å². The molecule has 188 valence electrons. The molecule has 2 aromatic heterocycles. The minimum absolute atomic E-state index is 0.0431. The van der Waals surface area contributed by atoms with Gasteiger partial charge in [0.1, 0.15) is 11.7 Å². The Balaban J connectivity index is 1.64. The van der Waals surface area contributed by atoms with Crippen molar-refractivity contribution in [2.75, 3.05) is 40.0 Å². The molecule has 0 aromatic carbocycles. The summed E-state index contributed by atoms with van der Waals surface area (Å²) < 4.78 is 11.7. The number of hydrogen-bond donors (Lipinski definition) is 1. The molecule has 2 aliphatic rings. The van der Waals surface area contributed by atoms with Gasteiger partial charge in [-0.2, -0.15) is 0 Å². The highest BCUT2D eigenvalue weighted by molar-refractivity contribution is 5.98. The molecule has 0 spiro atoms. The van der Waals surface area contributed by atoms with Crippen LogP contribution in [0.2, 0.25) is 0 Å². The standard InChI is InChI=1S/C26H34N4O5/c1-17-14-30(18(2)16-31)26(33)22-12-21(19-4-8-27-9-5-19)13-28-24(22)35-23(17)15-29(3)25(32)20-6-10-34-11-7-20/h4-5,8-9,12-13,17-18,20,23,31H,6-7,10-11,14-16H2,1-3H3/t17-,18-,23-/m1/s1. The quantitative estimate of drug-likeness (QED) is 0.673. The summed E-state index contributed by atoms with van der Waals surface area (Å²) in [6.07, 6.45) is 6.14. The van der Waals surface area contributed by atoms with E-state index in [9.17, 15) is 14.7 Å². The number of carbonyl (C=O) groups excluding carboxylic acids is 2. The maximum atomic E-state index is 13.6. The number of rotatable bonds is 6. The van der Waals surface area contributed by atoms with Gasteiger partial charge in [-0.15, -0.1) is 0 Å². The molecule has 1 N–H and O–H groups in total. The third-order valence-electron chi connectivity index (χ3n) is 6.94. The molecule has 0 saturated carbocycles. The first kappa shape index (κ1) is 25.1. The Kier molecular flexibility index (Phi) is 7.97. The van der Waals surface area contributed by atoms with E-state index in [0.717, 1.165) is 24.0 Å². The zero-order valence-corrected chi connectivity index (χ0v) is 20.6. The predicted octanol–water partition coefficient (Wildman–Crippen LogP) is 2.25. The van der Waals surface area contributed by atoms with E-state index in [2.05, 4.69) is 9.97 Å². The van der Waals surface area contributed by atoms with Crippen LogP contribution in [0.5, 0.6) is 5.88 Å². The number of fused-ring (bicyclic) bond motifs is 1. The van der Waals surface area contributed by atoms with Crippen LogP contribution in [-0.4, -0.2) is 88.8 Å². The lowest BCUT2D eigenvalue weighted by Gasteiger charge is -2.38. The first-order valence-corrected chi connectivity index (χ1v) is 12.2. The Hall–Kier alpha value is -3.04. The van der Waals surface area contributed by atoms with E-state index in [4.69, 9.17) is 9.47 Å². The Labute approximate surface area is 206 Å². The van der Waals surface area contributed by atoms with Crippen molar-refractivity contribution < 1.29 is 24.2 Å². The monoisotopic (exact) mass is 482 g/mol. The zero-order valence-electron chi connectivity index (χ0n) is 20.6. The first-order chi connectivity index (χ1) is 16.9. The van der Waals surface area contributed by atoms with Crippen LogP contribution in [0.4, 0.5) is 0 Å². The van der Waals surface area contributed by atoms with E-state index in [1.807, 2.05) is 26.0 Å². The first-order valence-electron chi connectivity index (χ1n) is 12.2. The van der Waals surface area contributed by atoms with Crippen LogP contribution >= 0.6 is 0 Å². The number of amides is 2. The second-order valence-corrected chi connectivity index (χ2v) is 9.54. The van der Waals surface area contributed by atoms with Crippen molar-refractivity contribution in [1.82, 2.24) is 19.8 Å². The predicted molar refractivity (Wildman–Crippen MR) is 130 cm³/mol. The third kappa shape index (κ3) is 5.62. The number of hydrogen-bond acceptors (Lipinski definition) is 7. The molecule has 1 fully saturated rings. The van der Waals surface area contributed by atoms with E-state index >= 15 is 0 Å². The largest absolute Gasteiger partial charge is 0.472 e.